The predicted molar refractivity (Wildman–Crippen MR) is 79.6 cm³/mol. The summed E-state index contributed by atoms with van der Waals surface area (Å²) in [4.78, 5) is 0. The Labute approximate surface area is 115 Å². The van der Waals surface area contributed by atoms with E-state index in [9.17, 15) is 0 Å². The van der Waals surface area contributed by atoms with Gasteiger partial charge in [0.2, 0.25) is 0 Å². The highest BCUT2D eigenvalue weighted by atomic mass is 16.5. The average molecular weight is 255 g/mol. The number of hydrogen-bond acceptors (Lipinski definition) is 2. The van der Waals surface area contributed by atoms with Crippen LogP contribution in [0.3, 0.4) is 0 Å². The third-order valence-electron chi connectivity index (χ3n) is 3.08. The lowest BCUT2D eigenvalue weighted by molar-refractivity contribution is 0.306. The Balaban J connectivity index is 1.89. The molecule has 0 aliphatic rings. The van der Waals surface area contributed by atoms with Crippen LogP contribution in [-0.4, -0.2) is 13.6 Å². The molecule has 2 rings (SSSR count). The molecule has 0 saturated heterocycles. The second kappa shape index (κ2) is 6.95. The maximum absolute atomic E-state index is 5.78. The summed E-state index contributed by atoms with van der Waals surface area (Å²) in [5.74, 6) is 0.930. The number of likely N-dealkylation sites (N-methyl/N-ethyl adjacent to an activating group) is 1. The summed E-state index contributed by atoms with van der Waals surface area (Å²) in [6.45, 7) is 3.71. The van der Waals surface area contributed by atoms with Gasteiger partial charge in [0, 0.05) is 0 Å². The van der Waals surface area contributed by atoms with Crippen molar-refractivity contribution in [3.8, 4) is 5.75 Å². The van der Waals surface area contributed by atoms with Crippen LogP contribution in [0.25, 0.3) is 0 Å². The third kappa shape index (κ3) is 4.42. The Kier molecular flexibility index (Phi) is 4.99. The molecule has 1 N–H and O–H groups in total. The molecule has 0 aliphatic carbocycles. The van der Waals surface area contributed by atoms with Crippen LogP contribution in [0.4, 0.5) is 0 Å². The number of hydrogen-bond donors (Lipinski definition) is 1. The molecule has 0 fully saturated rings. The summed E-state index contributed by atoms with van der Waals surface area (Å²) < 4.78 is 5.78. The molecule has 0 amide bonds. The van der Waals surface area contributed by atoms with Crippen LogP contribution in [0.1, 0.15) is 16.7 Å². The molecule has 2 heteroatoms. The zero-order chi connectivity index (χ0) is 13.5. The van der Waals surface area contributed by atoms with Gasteiger partial charge in [-0.1, -0.05) is 36.4 Å². The molecule has 2 aromatic carbocycles. The fraction of sp³-hybridized carbons (Fsp3) is 0.294. The Morgan fingerprint density at radius 2 is 1.74 bits per heavy atom. The fourth-order valence-electron chi connectivity index (χ4n) is 1.94. The van der Waals surface area contributed by atoms with Crippen LogP contribution in [0, 0.1) is 6.92 Å². The molecule has 100 valence electrons. The topological polar surface area (TPSA) is 21.3 Å². The van der Waals surface area contributed by atoms with Gasteiger partial charge in [-0.15, -0.1) is 0 Å². The monoisotopic (exact) mass is 255 g/mol. The number of benzene rings is 2. The molecule has 0 radical (unpaired) electrons. The molecule has 0 atom stereocenters. The number of ether oxygens (including phenoxy) is 1. The van der Waals surface area contributed by atoms with Crippen LogP contribution >= 0.6 is 0 Å². The van der Waals surface area contributed by atoms with Crippen molar-refractivity contribution in [1.82, 2.24) is 5.32 Å². The van der Waals surface area contributed by atoms with Crippen LogP contribution in [-0.2, 0) is 13.0 Å². The lowest BCUT2D eigenvalue weighted by atomic mass is 10.1. The smallest absolute Gasteiger partial charge is 0.120 e. The Morgan fingerprint density at radius 1 is 1.00 bits per heavy atom. The summed E-state index contributed by atoms with van der Waals surface area (Å²) in [5, 5.41) is 3.16. The SMILES string of the molecule is CNCCc1ccc(COc2cccc(C)c2)cc1. The van der Waals surface area contributed by atoms with E-state index < -0.39 is 0 Å². The molecule has 0 aliphatic heterocycles. The first kappa shape index (κ1) is 13.6. The molecular weight excluding hydrogens is 234 g/mol. The van der Waals surface area contributed by atoms with Gasteiger partial charge in [-0.25, -0.2) is 0 Å². The zero-order valence-corrected chi connectivity index (χ0v) is 11.6. The summed E-state index contributed by atoms with van der Waals surface area (Å²) in [7, 11) is 1.98. The molecule has 2 aromatic rings. The van der Waals surface area contributed by atoms with E-state index in [1.54, 1.807) is 0 Å². The van der Waals surface area contributed by atoms with E-state index in [0.29, 0.717) is 6.61 Å². The number of nitrogens with one attached hydrogen (secondary N) is 1. The van der Waals surface area contributed by atoms with Gasteiger partial charge in [-0.2, -0.15) is 0 Å². The highest BCUT2D eigenvalue weighted by Crippen LogP contribution is 2.14. The van der Waals surface area contributed by atoms with Crippen LogP contribution in [0.2, 0.25) is 0 Å². The molecule has 2 nitrogen and oxygen atoms in total. The van der Waals surface area contributed by atoms with Crippen molar-refractivity contribution in [2.45, 2.75) is 20.0 Å². The quantitative estimate of drug-likeness (QED) is 0.855. The van der Waals surface area contributed by atoms with E-state index >= 15 is 0 Å². The first-order chi connectivity index (χ1) is 9.28. The number of rotatable bonds is 6. The molecule has 0 saturated carbocycles. The molecule has 0 bridgehead atoms. The van der Waals surface area contributed by atoms with Gasteiger partial charge >= 0.3 is 0 Å². The van der Waals surface area contributed by atoms with E-state index in [0.717, 1.165) is 18.7 Å². The maximum atomic E-state index is 5.78. The van der Waals surface area contributed by atoms with Gasteiger partial charge in [0.25, 0.3) is 0 Å². The first-order valence-electron chi connectivity index (χ1n) is 6.70. The highest BCUT2D eigenvalue weighted by molar-refractivity contribution is 5.28. The van der Waals surface area contributed by atoms with Gasteiger partial charge < -0.3 is 10.1 Å². The molecule has 0 heterocycles. The van der Waals surface area contributed by atoms with Gasteiger partial charge in [0.05, 0.1) is 0 Å². The predicted octanol–water partition coefficient (Wildman–Crippen LogP) is 3.34. The fourth-order valence-corrected chi connectivity index (χ4v) is 1.94. The standard InChI is InChI=1S/C17H21NO/c1-14-4-3-5-17(12-14)19-13-16-8-6-15(7-9-16)10-11-18-2/h3-9,12,18H,10-11,13H2,1-2H3. The molecular formula is C17H21NO. The zero-order valence-electron chi connectivity index (χ0n) is 11.6. The van der Waals surface area contributed by atoms with Crippen molar-refractivity contribution < 1.29 is 4.74 Å². The molecule has 0 aromatic heterocycles. The minimum Gasteiger partial charge on any atom is -0.489 e. The summed E-state index contributed by atoms with van der Waals surface area (Å²) in [5.41, 5.74) is 3.78. The first-order valence-corrected chi connectivity index (χ1v) is 6.70. The second-order valence-corrected chi connectivity index (χ2v) is 4.78. The Bertz CT molecular complexity index is 505. The summed E-state index contributed by atoms with van der Waals surface area (Å²) >= 11 is 0. The summed E-state index contributed by atoms with van der Waals surface area (Å²) in [6.07, 6.45) is 1.06. The largest absolute Gasteiger partial charge is 0.489 e. The van der Waals surface area contributed by atoms with Crippen molar-refractivity contribution >= 4 is 0 Å². The van der Waals surface area contributed by atoms with Crippen molar-refractivity contribution in [2.24, 2.45) is 0 Å². The van der Waals surface area contributed by atoms with E-state index in [-0.39, 0.29) is 0 Å². The van der Waals surface area contributed by atoms with E-state index in [1.165, 1.54) is 16.7 Å². The molecule has 0 spiro atoms. The minimum absolute atomic E-state index is 0.621. The lowest BCUT2D eigenvalue weighted by Gasteiger charge is -2.08. The van der Waals surface area contributed by atoms with Crippen LogP contribution < -0.4 is 10.1 Å². The molecule has 0 unspecified atom stereocenters. The van der Waals surface area contributed by atoms with Crippen LogP contribution in [0.5, 0.6) is 5.75 Å². The van der Waals surface area contributed by atoms with E-state index in [4.69, 9.17) is 4.74 Å². The van der Waals surface area contributed by atoms with Gasteiger partial charge in [-0.05, 0) is 55.8 Å². The van der Waals surface area contributed by atoms with Crippen molar-refractivity contribution in [3.05, 3.63) is 65.2 Å². The van der Waals surface area contributed by atoms with Crippen molar-refractivity contribution in [2.75, 3.05) is 13.6 Å². The Hall–Kier alpha value is -1.80. The van der Waals surface area contributed by atoms with Gasteiger partial charge in [0.15, 0.2) is 0 Å². The van der Waals surface area contributed by atoms with E-state index in [1.807, 2.05) is 19.2 Å². The van der Waals surface area contributed by atoms with E-state index in [2.05, 4.69) is 48.6 Å². The number of aryl methyl sites for hydroxylation is 1. The van der Waals surface area contributed by atoms with Gasteiger partial charge in [0.1, 0.15) is 12.4 Å². The van der Waals surface area contributed by atoms with Crippen molar-refractivity contribution in [1.29, 1.82) is 0 Å². The normalized spacial score (nSPS) is 10.4. The highest BCUT2D eigenvalue weighted by Gasteiger charge is 1.97. The molecule has 19 heavy (non-hydrogen) atoms. The average Bonchev–Trinajstić information content (AvgIpc) is 2.44. The maximum Gasteiger partial charge on any atom is 0.120 e. The summed E-state index contributed by atoms with van der Waals surface area (Å²) in [6, 6.07) is 16.8. The van der Waals surface area contributed by atoms with Crippen molar-refractivity contribution in [3.63, 3.8) is 0 Å². The second-order valence-electron chi connectivity index (χ2n) is 4.78. The Morgan fingerprint density at radius 3 is 2.42 bits per heavy atom. The third-order valence-corrected chi connectivity index (χ3v) is 3.08. The minimum atomic E-state index is 0.621. The van der Waals surface area contributed by atoms with Crippen LogP contribution in [0.15, 0.2) is 48.5 Å². The van der Waals surface area contributed by atoms with Gasteiger partial charge in [-0.3, -0.25) is 0 Å². The lowest BCUT2D eigenvalue weighted by Crippen LogP contribution is -2.10.